The summed E-state index contributed by atoms with van der Waals surface area (Å²) in [5, 5.41) is 17.6. The van der Waals surface area contributed by atoms with Crippen molar-refractivity contribution >= 4 is 23.8 Å². The van der Waals surface area contributed by atoms with Gasteiger partial charge in [-0.1, -0.05) is 87.2 Å². The number of amides is 4. The van der Waals surface area contributed by atoms with Gasteiger partial charge >= 0.3 is 6.09 Å². The summed E-state index contributed by atoms with van der Waals surface area (Å²) in [5.74, 6) is -0.544. The van der Waals surface area contributed by atoms with Gasteiger partial charge < -0.3 is 26.0 Å². The zero-order chi connectivity index (χ0) is 31.3. The molecular formula is C34H47N5O5. The molecule has 238 valence electrons. The van der Waals surface area contributed by atoms with E-state index in [2.05, 4.69) is 33.0 Å². The van der Waals surface area contributed by atoms with E-state index < -0.39 is 18.2 Å². The molecule has 1 saturated heterocycles. The van der Waals surface area contributed by atoms with Gasteiger partial charge in [0.25, 0.3) is 0 Å². The summed E-state index contributed by atoms with van der Waals surface area (Å²) >= 11 is 0. The van der Waals surface area contributed by atoms with Crippen LogP contribution in [0.4, 0.5) is 4.79 Å². The molecule has 4 rings (SSSR count). The molecular weight excluding hydrogens is 558 g/mol. The van der Waals surface area contributed by atoms with E-state index >= 15 is 0 Å². The number of carbonyl (C=O) groups is 4. The number of carbonyl (C=O) groups excluding carboxylic acids is 3. The second kappa shape index (κ2) is 16.8. The summed E-state index contributed by atoms with van der Waals surface area (Å²) in [5.41, 5.74) is 3.02. The topological polar surface area (TPSA) is 131 Å². The second-order valence-corrected chi connectivity index (χ2v) is 12.0. The molecule has 1 unspecified atom stereocenters. The molecule has 4 amide bonds. The third-order valence-corrected chi connectivity index (χ3v) is 8.75. The van der Waals surface area contributed by atoms with Crippen LogP contribution in [0.25, 0.3) is 0 Å². The van der Waals surface area contributed by atoms with E-state index in [1.807, 2.05) is 47.4 Å². The van der Waals surface area contributed by atoms with Crippen LogP contribution in [0, 0.1) is 5.92 Å². The first-order valence-electron chi connectivity index (χ1n) is 16.0. The van der Waals surface area contributed by atoms with Crippen LogP contribution >= 0.6 is 0 Å². The van der Waals surface area contributed by atoms with Crippen LogP contribution in [0.15, 0.2) is 54.6 Å². The molecule has 2 aromatic carbocycles. The van der Waals surface area contributed by atoms with Crippen LogP contribution in [0.3, 0.4) is 0 Å². The largest absolute Gasteiger partial charge is 0.465 e. The number of hydrogen-bond donors (Lipinski definition) is 4. The minimum Gasteiger partial charge on any atom is -0.465 e. The Bertz CT molecular complexity index is 1220. The Labute approximate surface area is 260 Å². The summed E-state index contributed by atoms with van der Waals surface area (Å²) in [6, 6.07) is 16.5. The van der Waals surface area contributed by atoms with Gasteiger partial charge in [0.05, 0.1) is 0 Å². The van der Waals surface area contributed by atoms with Gasteiger partial charge in [-0.2, -0.15) is 0 Å². The van der Waals surface area contributed by atoms with E-state index in [0.717, 1.165) is 69.3 Å². The van der Waals surface area contributed by atoms with Crippen molar-refractivity contribution in [2.75, 3.05) is 26.2 Å². The number of benzene rings is 2. The summed E-state index contributed by atoms with van der Waals surface area (Å²) in [6.45, 7) is 5.67. The molecule has 0 spiro atoms. The van der Waals surface area contributed by atoms with E-state index in [9.17, 15) is 24.3 Å². The Morgan fingerprint density at radius 3 is 2.07 bits per heavy atom. The van der Waals surface area contributed by atoms with Crippen LogP contribution in [0.5, 0.6) is 0 Å². The third-order valence-electron chi connectivity index (χ3n) is 8.75. The highest BCUT2D eigenvalue weighted by Gasteiger charge is 2.31. The zero-order valence-corrected chi connectivity index (χ0v) is 25.8. The van der Waals surface area contributed by atoms with Gasteiger partial charge in [-0.15, -0.1) is 0 Å². The zero-order valence-electron chi connectivity index (χ0n) is 25.8. The normalized spacial score (nSPS) is 17.6. The van der Waals surface area contributed by atoms with Crippen molar-refractivity contribution in [2.24, 2.45) is 5.92 Å². The number of carboxylic acid groups (broad SMARTS) is 1. The Morgan fingerprint density at radius 1 is 0.818 bits per heavy atom. The first kappa shape index (κ1) is 33.0. The molecule has 44 heavy (non-hydrogen) atoms. The van der Waals surface area contributed by atoms with Crippen molar-refractivity contribution in [3.8, 4) is 0 Å². The van der Waals surface area contributed by atoms with E-state index in [1.54, 1.807) is 6.92 Å². The monoisotopic (exact) mass is 605 g/mol. The van der Waals surface area contributed by atoms with Gasteiger partial charge in [0.15, 0.2) is 0 Å². The number of piperazine rings is 1. The van der Waals surface area contributed by atoms with Gasteiger partial charge in [-0.25, -0.2) is 4.79 Å². The number of rotatable bonds is 12. The minimum absolute atomic E-state index is 0.00406. The van der Waals surface area contributed by atoms with Crippen molar-refractivity contribution in [1.29, 1.82) is 0 Å². The predicted octanol–water partition coefficient (Wildman–Crippen LogP) is 3.69. The summed E-state index contributed by atoms with van der Waals surface area (Å²) in [6.07, 6.45) is 5.39. The Morgan fingerprint density at radius 2 is 1.45 bits per heavy atom. The van der Waals surface area contributed by atoms with Gasteiger partial charge in [0.1, 0.15) is 12.1 Å². The lowest BCUT2D eigenvalue weighted by Gasteiger charge is -2.36. The molecule has 2 aromatic rings. The standard InChI is InChI=1S/C34H47N5O5/c1-2-30(40)36-29(33(42)39-20-18-38(19-21-39)24-27-10-6-5-7-11-27)22-25-14-16-26(17-15-25)23-35-32(41)31(37-34(43)44)28-12-8-3-4-9-13-28/h5-7,10-11,14-17,28-29,31,37H,2-4,8-9,12-13,18-24H2,1H3,(H,35,41)(H,36,40)(H,43,44)/t29?,31-/m0/s1. The highest BCUT2D eigenvalue weighted by molar-refractivity contribution is 5.88. The molecule has 2 fully saturated rings. The first-order valence-corrected chi connectivity index (χ1v) is 16.0. The van der Waals surface area contributed by atoms with E-state index in [1.165, 1.54) is 5.56 Å². The van der Waals surface area contributed by atoms with Crippen molar-refractivity contribution in [2.45, 2.75) is 83.5 Å². The Balaban J connectivity index is 1.32. The molecule has 1 aliphatic heterocycles. The smallest absolute Gasteiger partial charge is 0.405 e. The Hall–Kier alpha value is -3.92. The van der Waals surface area contributed by atoms with E-state index in [0.29, 0.717) is 25.9 Å². The van der Waals surface area contributed by atoms with Crippen molar-refractivity contribution in [1.82, 2.24) is 25.8 Å². The lowest BCUT2D eigenvalue weighted by atomic mass is 9.91. The third kappa shape index (κ3) is 10.1. The molecule has 1 heterocycles. The molecule has 0 bridgehead atoms. The summed E-state index contributed by atoms with van der Waals surface area (Å²) < 4.78 is 0. The average Bonchev–Trinajstić information content (AvgIpc) is 3.33. The number of hydrogen-bond acceptors (Lipinski definition) is 5. The Kier molecular flexibility index (Phi) is 12.6. The fourth-order valence-electron chi connectivity index (χ4n) is 6.19. The SMILES string of the molecule is CCC(=O)NC(Cc1ccc(CNC(=O)[C@@H](NC(=O)O)C2CCCCCC2)cc1)C(=O)N1CCN(Cc2ccccc2)CC1. The van der Waals surface area contributed by atoms with Crippen LogP contribution in [0.1, 0.15) is 68.6 Å². The van der Waals surface area contributed by atoms with Crippen LogP contribution < -0.4 is 16.0 Å². The van der Waals surface area contributed by atoms with Gasteiger partial charge in [-0.05, 0) is 35.4 Å². The molecule has 10 heteroatoms. The van der Waals surface area contributed by atoms with Gasteiger partial charge in [0.2, 0.25) is 17.7 Å². The van der Waals surface area contributed by atoms with Gasteiger partial charge in [0, 0.05) is 52.1 Å². The molecule has 2 atom stereocenters. The molecule has 1 saturated carbocycles. The maximum absolute atomic E-state index is 13.6. The molecule has 2 aliphatic rings. The molecule has 0 radical (unpaired) electrons. The van der Waals surface area contributed by atoms with Crippen LogP contribution in [-0.2, 0) is 33.9 Å². The second-order valence-electron chi connectivity index (χ2n) is 12.0. The first-order chi connectivity index (χ1) is 21.3. The highest BCUT2D eigenvalue weighted by Crippen LogP contribution is 2.26. The van der Waals surface area contributed by atoms with Crippen LogP contribution in [0.2, 0.25) is 0 Å². The number of nitrogens with zero attached hydrogens (tertiary/aromatic N) is 2. The quantitative estimate of drug-likeness (QED) is 0.273. The van der Waals surface area contributed by atoms with Crippen molar-refractivity contribution < 1.29 is 24.3 Å². The fourth-order valence-corrected chi connectivity index (χ4v) is 6.19. The highest BCUT2D eigenvalue weighted by atomic mass is 16.4. The maximum atomic E-state index is 13.6. The van der Waals surface area contributed by atoms with Crippen LogP contribution in [-0.4, -0.2) is 77.0 Å². The molecule has 1 aliphatic carbocycles. The minimum atomic E-state index is -1.19. The molecule has 0 aromatic heterocycles. The van der Waals surface area contributed by atoms with Crippen molar-refractivity contribution in [3.05, 3.63) is 71.3 Å². The van der Waals surface area contributed by atoms with Crippen molar-refractivity contribution in [3.63, 3.8) is 0 Å². The van der Waals surface area contributed by atoms with E-state index in [4.69, 9.17) is 0 Å². The lowest BCUT2D eigenvalue weighted by Crippen LogP contribution is -2.55. The van der Waals surface area contributed by atoms with E-state index in [-0.39, 0.29) is 30.2 Å². The molecule has 10 nitrogen and oxygen atoms in total. The summed E-state index contributed by atoms with van der Waals surface area (Å²) in [7, 11) is 0. The number of nitrogens with one attached hydrogen (secondary N) is 3. The molecule has 4 N–H and O–H groups in total. The lowest BCUT2D eigenvalue weighted by molar-refractivity contribution is -0.138. The predicted molar refractivity (Wildman–Crippen MR) is 169 cm³/mol. The fraction of sp³-hybridized carbons (Fsp3) is 0.529. The maximum Gasteiger partial charge on any atom is 0.405 e. The van der Waals surface area contributed by atoms with Gasteiger partial charge in [-0.3, -0.25) is 19.3 Å². The average molecular weight is 606 g/mol. The summed E-state index contributed by atoms with van der Waals surface area (Å²) in [4.78, 5) is 54.5.